The number of benzene rings is 1. The minimum absolute atomic E-state index is 0.0285. The first-order chi connectivity index (χ1) is 8.59. The fraction of sp³-hybridized carbons (Fsp3) is 0.538. The van der Waals surface area contributed by atoms with E-state index in [1.54, 1.807) is 0 Å². The van der Waals surface area contributed by atoms with E-state index in [1.807, 2.05) is 20.8 Å². The molecule has 0 spiro atoms. The van der Waals surface area contributed by atoms with Crippen molar-refractivity contribution in [3.05, 3.63) is 28.8 Å². The van der Waals surface area contributed by atoms with E-state index in [4.69, 9.17) is 11.6 Å². The molecule has 0 aliphatic heterocycles. The summed E-state index contributed by atoms with van der Waals surface area (Å²) in [7, 11) is 0. The molecule has 0 aliphatic rings. The molecule has 0 saturated heterocycles. The lowest BCUT2D eigenvalue weighted by atomic mass is 10.1. The van der Waals surface area contributed by atoms with Crippen LogP contribution in [-0.2, 0) is 6.18 Å². The highest BCUT2D eigenvalue weighted by Crippen LogP contribution is 2.33. The first kappa shape index (κ1) is 16.1. The van der Waals surface area contributed by atoms with Gasteiger partial charge in [-0.3, -0.25) is 0 Å². The fourth-order valence-electron chi connectivity index (χ4n) is 1.47. The van der Waals surface area contributed by atoms with Crippen molar-refractivity contribution >= 4 is 17.3 Å². The molecule has 0 aromatic heterocycles. The number of alkyl halides is 3. The van der Waals surface area contributed by atoms with E-state index in [-0.39, 0.29) is 10.6 Å². The van der Waals surface area contributed by atoms with E-state index in [2.05, 4.69) is 10.6 Å². The lowest BCUT2D eigenvalue weighted by Gasteiger charge is -2.21. The Morgan fingerprint density at radius 1 is 1.11 bits per heavy atom. The van der Waals surface area contributed by atoms with Gasteiger partial charge < -0.3 is 10.6 Å². The summed E-state index contributed by atoms with van der Waals surface area (Å²) in [5.41, 5.74) is -0.436. The molecule has 19 heavy (non-hydrogen) atoms. The first-order valence-corrected chi connectivity index (χ1v) is 6.33. The Hall–Kier alpha value is -0.940. The van der Waals surface area contributed by atoms with Crippen LogP contribution in [0.3, 0.4) is 0 Å². The molecule has 0 amide bonds. The largest absolute Gasteiger partial charge is 0.416 e. The zero-order valence-electron chi connectivity index (χ0n) is 11.2. The van der Waals surface area contributed by atoms with Crippen molar-refractivity contribution in [1.29, 1.82) is 0 Å². The molecule has 0 radical (unpaired) electrons. The van der Waals surface area contributed by atoms with Crippen molar-refractivity contribution in [2.75, 3.05) is 18.4 Å². The highest BCUT2D eigenvalue weighted by molar-refractivity contribution is 6.33. The van der Waals surface area contributed by atoms with Crippen molar-refractivity contribution in [1.82, 2.24) is 5.32 Å². The average Bonchev–Trinajstić information content (AvgIpc) is 2.23. The van der Waals surface area contributed by atoms with Gasteiger partial charge in [-0.1, -0.05) is 11.6 Å². The highest BCUT2D eigenvalue weighted by atomic mass is 35.5. The second kappa shape index (κ2) is 6.01. The van der Waals surface area contributed by atoms with E-state index >= 15 is 0 Å². The number of hydrogen-bond donors (Lipinski definition) is 2. The van der Waals surface area contributed by atoms with E-state index in [1.165, 1.54) is 6.07 Å². The minimum Gasteiger partial charge on any atom is -0.383 e. The predicted octanol–water partition coefficient (Wildman–Crippen LogP) is 4.16. The van der Waals surface area contributed by atoms with E-state index in [0.29, 0.717) is 18.8 Å². The van der Waals surface area contributed by atoms with Gasteiger partial charge in [0, 0.05) is 18.6 Å². The van der Waals surface area contributed by atoms with Crippen molar-refractivity contribution < 1.29 is 13.2 Å². The number of hydrogen-bond acceptors (Lipinski definition) is 2. The van der Waals surface area contributed by atoms with Crippen molar-refractivity contribution in [2.24, 2.45) is 0 Å². The van der Waals surface area contributed by atoms with Crippen molar-refractivity contribution in [2.45, 2.75) is 32.5 Å². The Balaban J connectivity index is 2.63. The normalized spacial score (nSPS) is 12.6. The van der Waals surface area contributed by atoms with Gasteiger partial charge in [-0.15, -0.1) is 0 Å². The van der Waals surface area contributed by atoms with Gasteiger partial charge in [0.15, 0.2) is 0 Å². The molecular weight excluding hydrogens is 277 g/mol. The second-order valence-electron chi connectivity index (χ2n) is 5.30. The molecule has 1 aromatic rings. The average molecular weight is 295 g/mol. The van der Waals surface area contributed by atoms with Crippen LogP contribution in [0.25, 0.3) is 0 Å². The molecule has 0 fully saturated rings. The van der Waals surface area contributed by atoms with Crippen molar-refractivity contribution in [3.63, 3.8) is 0 Å². The topological polar surface area (TPSA) is 24.1 Å². The molecular formula is C13H18ClF3N2. The molecule has 2 nitrogen and oxygen atoms in total. The maximum atomic E-state index is 12.6. The fourth-order valence-corrected chi connectivity index (χ4v) is 1.66. The molecule has 0 heterocycles. The third-order valence-corrected chi connectivity index (χ3v) is 2.72. The maximum Gasteiger partial charge on any atom is 0.416 e. The van der Waals surface area contributed by atoms with Crippen LogP contribution in [-0.4, -0.2) is 18.6 Å². The Kier molecular flexibility index (Phi) is 5.10. The molecule has 0 bridgehead atoms. The van der Waals surface area contributed by atoms with E-state index in [9.17, 15) is 13.2 Å². The summed E-state index contributed by atoms with van der Waals surface area (Å²) in [6, 6.07) is 3.25. The van der Waals surface area contributed by atoms with Crippen LogP contribution in [0, 0.1) is 0 Å². The number of rotatable bonds is 4. The molecule has 1 rings (SSSR count). The summed E-state index contributed by atoms with van der Waals surface area (Å²) in [5.74, 6) is 0. The van der Waals surface area contributed by atoms with Crippen LogP contribution < -0.4 is 10.6 Å². The third-order valence-electron chi connectivity index (χ3n) is 2.39. The van der Waals surface area contributed by atoms with Crippen LogP contribution >= 0.6 is 11.6 Å². The Morgan fingerprint density at radius 3 is 2.26 bits per heavy atom. The zero-order valence-corrected chi connectivity index (χ0v) is 11.9. The number of halogens is 4. The third kappa shape index (κ3) is 5.70. The quantitative estimate of drug-likeness (QED) is 0.815. The standard InChI is InChI=1S/C13H18ClF3N2/c1-12(2,3)19-7-6-18-11-8-9(13(15,16)17)4-5-10(11)14/h4-5,8,18-19H,6-7H2,1-3H3. The molecule has 0 aliphatic carbocycles. The summed E-state index contributed by atoms with van der Waals surface area (Å²) in [6.07, 6.45) is -4.36. The van der Waals surface area contributed by atoms with Crippen LogP contribution in [0.5, 0.6) is 0 Å². The monoisotopic (exact) mass is 294 g/mol. The van der Waals surface area contributed by atoms with Gasteiger partial charge in [-0.25, -0.2) is 0 Å². The molecule has 6 heteroatoms. The van der Waals surface area contributed by atoms with Crippen LogP contribution in [0.2, 0.25) is 5.02 Å². The number of anilines is 1. The Labute approximate surface area is 116 Å². The van der Waals surface area contributed by atoms with E-state index < -0.39 is 11.7 Å². The van der Waals surface area contributed by atoms with Crippen LogP contribution in [0.1, 0.15) is 26.3 Å². The second-order valence-corrected chi connectivity index (χ2v) is 5.70. The lowest BCUT2D eigenvalue weighted by molar-refractivity contribution is -0.137. The summed E-state index contributed by atoms with van der Waals surface area (Å²) in [5, 5.41) is 6.41. The summed E-state index contributed by atoms with van der Waals surface area (Å²) in [4.78, 5) is 0. The minimum atomic E-state index is -4.36. The van der Waals surface area contributed by atoms with Gasteiger partial charge in [-0.2, -0.15) is 13.2 Å². The Bertz CT molecular complexity index is 425. The predicted molar refractivity (Wildman–Crippen MR) is 72.7 cm³/mol. The number of nitrogens with one attached hydrogen (secondary N) is 2. The van der Waals surface area contributed by atoms with Crippen LogP contribution in [0.4, 0.5) is 18.9 Å². The molecule has 0 saturated carbocycles. The van der Waals surface area contributed by atoms with Crippen LogP contribution in [0.15, 0.2) is 18.2 Å². The van der Waals surface area contributed by atoms with E-state index in [0.717, 1.165) is 12.1 Å². The lowest BCUT2D eigenvalue weighted by Crippen LogP contribution is -2.38. The smallest absolute Gasteiger partial charge is 0.383 e. The van der Waals surface area contributed by atoms with Gasteiger partial charge in [0.05, 0.1) is 16.3 Å². The molecule has 0 unspecified atom stereocenters. The molecule has 108 valence electrons. The SMILES string of the molecule is CC(C)(C)NCCNc1cc(C(F)(F)F)ccc1Cl. The molecule has 2 N–H and O–H groups in total. The first-order valence-electron chi connectivity index (χ1n) is 5.95. The van der Waals surface area contributed by atoms with Gasteiger partial charge in [0.2, 0.25) is 0 Å². The van der Waals surface area contributed by atoms with Gasteiger partial charge in [-0.05, 0) is 39.0 Å². The Morgan fingerprint density at radius 2 is 1.74 bits per heavy atom. The molecule has 1 aromatic carbocycles. The summed E-state index contributed by atoms with van der Waals surface area (Å²) < 4.78 is 37.7. The van der Waals surface area contributed by atoms with Crippen molar-refractivity contribution in [3.8, 4) is 0 Å². The maximum absolute atomic E-state index is 12.6. The van der Waals surface area contributed by atoms with Gasteiger partial charge >= 0.3 is 6.18 Å². The summed E-state index contributed by atoms with van der Waals surface area (Å²) in [6.45, 7) is 7.19. The van der Waals surface area contributed by atoms with Gasteiger partial charge in [0.25, 0.3) is 0 Å². The summed E-state index contributed by atoms with van der Waals surface area (Å²) >= 11 is 5.86. The highest BCUT2D eigenvalue weighted by Gasteiger charge is 2.30. The van der Waals surface area contributed by atoms with Gasteiger partial charge in [0.1, 0.15) is 0 Å². The zero-order chi connectivity index (χ0) is 14.7. The molecule has 0 atom stereocenters.